The lowest BCUT2D eigenvalue weighted by atomic mass is 10.1. The van der Waals surface area contributed by atoms with Crippen molar-refractivity contribution in [3.05, 3.63) is 42.9 Å². The summed E-state index contributed by atoms with van der Waals surface area (Å²) >= 11 is 0. The van der Waals surface area contributed by atoms with Crippen molar-refractivity contribution in [3.8, 4) is 0 Å². The van der Waals surface area contributed by atoms with Crippen LogP contribution in [0.4, 0.5) is 17.5 Å². The molecule has 1 saturated heterocycles. The lowest BCUT2D eigenvalue weighted by Gasteiger charge is -2.17. The number of ether oxygens (including phenoxy) is 1. The molecule has 0 amide bonds. The summed E-state index contributed by atoms with van der Waals surface area (Å²) in [5.74, 6) is 0.921. The molecule has 11 nitrogen and oxygen atoms in total. The van der Waals surface area contributed by atoms with Crippen molar-refractivity contribution in [2.24, 2.45) is 0 Å². The minimum absolute atomic E-state index is 0.330. The van der Waals surface area contributed by atoms with E-state index < -0.39 is 31.1 Å². The van der Waals surface area contributed by atoms with E-state index in [1.807, 2.05) is 30.3 Å². The number of pyridine rings is 1. The first-order valence-corrected chi connectivity index (χ1v) is 10.9. The molecular weight excluding hydrogens is 426 g/mol. The number of anilines is 3. The fraction of sp³-hybridized carbons (Fsp3) is 0.364. The molecule has 2 aliphatic rings. The number of aromatic nitrogens is 5. The van der Waals surface area contributed by atoms with Gasteiger partial charge in [-0.05, 0) is 37.1 Å². The highest BCUT2D eigenvalue weighted by atomic mass is 16.6. The van der Waals surface area contributed by atoms with Crippen molar-refractivity contribution >= 4 is 39.5 Å². The van der Waals surface area contributed by atoms with Gasteiger partial charge in [-0.15, -0.1) is 0 Å². The fourth-order valence-electron chi connectivity index (χ4n) is 4.12. The van der Waals surface area contributed by atoms with Crippen molar-refractivity contribution in [2.45, 2.75) is 43.4 Å². The van der Waals surface area contributed by atoms with Gasteiger partial charge >= 0.3 is 0 Å². The second-order valence-electron chi connectivity index (χ2n) is 8.37. The first kappa shape index (κ1) is 20.2. The van der Waals surface area contributed by atoms with Gasteiger partial charge in [0.05, 0.1) is 24.1 Å². The molecule has 0 radical (unpaired) electrons. The molecule has 1 aliphatic carbocycles. The topological polar surface area (TPSA) is 150 Å². The molecule has 1 aromatic carbocycles. The Morgan fingerprint density at radius 1 is 1.06 bits per heavy atom. The van der Waals surface area contributed by atoms with Crippen LogP contribution in [0.25, 0.3) is 22.1 Å². The van der Waals surface area contributed by atoms with Crippen LogP contribution in [0.2, 0.25) is 0 Å². The first-order valence-electron chi connectivity index (χ1n) is 10.9. The highest BCUT2D eigenvalue weighted by molar-refractivity contribution is 5.93. The van der Waals surface area contributed by atoms with Crippen LogP contribution in [0.1, 0.15) is 19.1 Å². The van der Waals surface area contributed by atoms with Gasteiger partial charge in [0.2, 0.25) is 5.95 Å². The summed E-state index contributed by atoms with van der Waals surface area (Å²) in [6.45, 7) is -0.410. The zero-order chi connectivity index (χ0) is 22.5. The van der Waals surface area contributed by atoms with Crippen LogP contribution in [-0.2, 0) is 4.74 Å². The molecule has 0 spiro atoms. The first-order chi connectivity index (χ1) is 16.1. The molecule has 4 atom stereocenters. The van der Waals surface area contributed by atoms with Crippen molar-refractivity contribution in [2.75, 3.05) is 17.2 Å². The molecule has 11 heteroatoms. The Morgan fingerprint density at radius 2 is 1.94 bits per heavy atom. The van der Waals surface area contributed by atoms with Gasteiger partial charge in [-0.25, -0.2) is 4.98 Å². The minimum atomic E-state index is -1.24. The number of hydrogen-bond acceptors (Lipinski definition) is 10. The molecule has 6 rings (SSSR count). The molecule has 1 aliphatic heterocycles. The van der Waals surface area contributed by atoms with E-state index in [2.05, 4.69) is 30.6 Å². The summed E-state index contributed by atoms with van der Waals surface area (Å²) in [4.78, 5) is 18.2. The number of nitrogens with one attached hydrogen (secondary N) is 2. The fourth-order valence-corrected chi connectivity index (χ4v) is 4.12. The second kappa shape index (κ2) is 7.89. The zero-order valence-electron chi connectivity index (χ0n) is 17.5. The molecule has 4 heterocycles. The van der Waals surface area contributed by atoms with E-state index in [1.54, 1.807) is 10.8 Å². The summed E-state index contributed by atoms with van der Waals surface area (Å²) in [6.07, 6.45) is 1.06. The van der Waals surface area contributed by atoms with Gasteiger partial charge in [-0.2, -0.15) is 9.97 Å². The predicted molar refractivity (Wildman–Crippen MR) is 120 cm³/mol. The van der Waals surface area contributed by atoms with Crippen molar-refractivity contribution in [1.29, 1.82) is 0 Å². The van der Waals surface area contributed by atoms with Gasteiger partial charge in [-0.1, -0.05) is 6.07 Å². The molecular formula is C22H23N7O4. The van der Waals surface area contributed by atoms with Crippen LogP contribution in [0, 0.1) is 0 Å². The Balaban J connectivity index is 1.44. The van der Waals surface area contributed by atoms with Crippen LogP contribution >= 0.6 is 0 Å². The molecule has 0 bridgehead atoms. The molecule has 2 fully saturated rings. The van der Waals surface area contributed by atoms with Crippen LogP contribution in [0.15, 0.2) is 42.9 Å². The summed E-state index contributed by atoms with van der Waals surface area (Å²) in [6, 6.07) is 9.93. The molecule has 33 heavy (non-hydrogen) atoms. The predicted octanol–water partition coefficient (Wildman–Crippen LogP) is 1.30. The number of rotatable bonds is 6. The van der Waals surface area contributed by atoms with E-state index in [0.29, 0.717) is 29.0 Å². The Morgan fingerprint density at radius 3 is 2.73 bits per heavy atom. The van der Waals surface area contributed by atoms with Crippen LogP contribution < -0.4 is 10.6 Å². The van der Waals surface area contributed by atoms with E-state index in [9.17, 15) is 15.3 Å². The van der Waals surface area contributed by atoms with E-state index in [4.69, 9.17) is 4.74 Å². The lowest BCUT2D eigenvalue weighted by molar-refractivity contribution is -0.0511. The Bertz CT molecular complexity index is 1320. The highest BCUT2D eigenvalue weighted by Crippen LogP contribution is 2.34. The van der Waals surface area contributed by atoms with Gasteiger partial charge in [0.1, 0.15) is 18.3 Å². The van der Waals surface area contributed by atoms with Gasteiger partial charge in [0.15, 0.2) is 23.2 Å². The van der Waals surface area contributed by atoms with Crippen molar-refractivity contribution in [1.82, 2.24) is 24.5 Å². The number of aliphatic hydroxyl groups is 3. The molecule has 170 valence electrons. The third-order valence-electron chi connectivity index (χ3n) is 6.02. The average Bonchev–Trinajstić information content (AvgIpc) is 3.48. The van der Waals surface area contributed by atoms with E-state index >= 15 is 0 Å². The Kier molecular flexibility index (Phi) is 4.84. The molecule has 3 aromatic heterocycles. The number of nitrogens with zero attached hydrogens (tertiary/aromatic N) is 5. The molecule has 4 aromatic rings. The maximum atomic E-state index is 10.5. The van der Waals surface area contributed by atoms with Crippen LogP contribution in [0.5, 0.6) is 0 Å². The second-order valence-corrected chi connectivity index (χ2v) is 8.37. The third kappa shape index (κ3) is 3.55. The standard InChI is InChI=1S/C22H23N7O4/c30-9-15-17(31)18(32)21(33-15)29-10-24-16-19(25-11-6-7-11)27-22(28-20(16)29)26-14-5-1-4-13-12(14)3-2-8-23-13/h1-5,8,10-11,15,17-18,21,30-32H,6-7,9H2,(H2,25,26,27,28). The summed E-state index contributed by atoms with van der Waals surface area (Å²) in [5.41, 5.74) is 2.61. The number of hydrogen-bond donors (Lipinski definition) is 5. The quantitative estimate of drug-likeness (QED) is 0.291. The van der Waals surface area contributed by atoms with Gasteiger partial charge < -0.3 is 30.7 Å². The summed E-state index contributed by atoms with van der Waals surface area (Å²) in [7, 11) is 0. The van der Waals surface area contributed by atoms with Gasteiger partial charge in [0.25, 0.3) is 0 Å². The monoisotopic (exact) mass is 449 g/mol. The maximum absolute atomic E-state index is 10.5. The largest absolute Gasteiger partial charge is 0.394 e. The normalized spacial score (nSPS) is 25.1. The molecule has 5 N–H and O–H groups in total. The van der Waals surface area contributed by atoms with E-state index in [-0.39, 0.29) is 0 Å². The molecule has 4 unspecified atom stereocenters. The van der Waals surface area contributed by atoms with E-state index in [1.165, 1.54) is 6.33 Å². The zero-order valence-corrected chi connectivity index (χ0v) is 17.5. The number of benzene rings is 1. The van der Waals surface area contributed by atoms with Gasteiger partial charge in [0, 0.05) is 17.6 Å². The average molecular weight is 449 g/mol. The summed E-state index contributed by atoms with van der Waals surface area (Å²) in [5, 5.41) is 37.8. The Labute approximate surface area is 188 Å². The number of imidazole rings is 1. The number of fused-ring (bicyclic) bond motifs is 2. The number of aliphatic hydroxyl groups excluding tert-OH is 3. The van der Waals surface area contributed by atoms with Crippen LogP contribution in [-0.4, -0.2) is 70.8 Å². The van der Waals surface area contributed by atoms with E-state index in [0.717, 1.165) is 29.4 Å². The van der Waals surface area contributed by atoms with Crippen LogP contribution in [0.3, 0.4) is 0 Å². The third-order valence-corrected chi connectivity index (χ3v) is 6.02. The maximum Gasteiger partial charge on any atom is 0.231 e. The Hall–Kier alpha value is -3.38. The highest BCUT2D eigenvalue weighted by Gasteiger charge is 2.44. The molecule has 1 saturated carbocycles. The van der Waals surface area contributed by atoms with Gasteiger partial charge in [-0.3, -0.25) is 9.55 Å². The SMILES string of the molecule is OCC1OC(n2cnc3c(NC4CC4)nc(Nc4cccc5ncccc45)nc32)C(O)C1O. The summed E-state index contributed by atoms with van der Waals surface area (Å²) < 4.78 is 7.26. The minimum Gasteiger partial charge on any atom is -0.394 e. The smallest absolute Gasteiger partial charge is 0.231 e. The van der Waals surface area contributed by atoms with Crippen molar-refractivity contribution < 1.29 is 20.1 Å². The lowest BCUT2D eigenvalue weighted by Crippen LogP contribution is -2.33. The van der Waals surface area contributed by atoms with Crippen molar-refractivity contribution in [3.63, 3.8) is 0 Å².